The maximum atomic E-state index is 12.3. The van der Waals surface area contributed by atoms with E-state index in [2.05, 4.69) is 23.6 Å². The maximum absolute atomic E-state index is 12.3. The fourth-order valence-corrected chi connectivity index (χ4v) is 4.37. The fourth-order valence-electron chi connectivity index (χ4n) is 2.58. The fraction of sp³-hybridized carbons (Fsp3) is 0.750. The molecule has 1 aromatic heterocycles. The highest BCUT2D eigenvalue weighted by atomic mass is 35.5. The number of halogens is 1. The van der Waals surface area contributed by atoms with Crippen LogP contribution in [0.1, 0.15) is 33.1 Å². The highest BCUT2D eigenvalue weighted by molar-refractivity contribution is 7.89. The van der Waals surface area contributed by atoms with Gasteiger partial charge in [-0.05, 0) is 18.3 Å². The number of hydrogen-bond donors (Lipinski definition) is 1. The molecule has 0 aliphatic heterocycles. The van der Waals surface area contributed by atoms with Crippen molar-refractivity contribution < 1.29 is 8.42 Å². The number of nitrogens with zero attached hydrogens (tertiary/aromatic N) is 2. The summed E-state index contributed by atoms with van der Waals surface area (Å²) in [4.78, 5) is 3.88. The van der Waals surface area contributed by atoms with Crippen LogP contribution in [-0.4, -0.2) is 24.0 Å². The Morgan fingerprint density at radius 2 is 2.11 bits per heavy atom. The molecule has 1 aliphatic carbocycles. The second kappa shape index (κ2) is 5.42. The lowest BCUT2D eigenvalue weighted by Gasteiger charge is -2.34. The molecule has 1 aromatic rings. The van der Waals surface area contributed by atoms with Gasteiger partial charge < -0.3 is 4.57 Å². The Balaban J connectivity index is 2.20. The SMILES string of the molecule is CC1CCCC(NS(=O)(=O)c2ncn(C)c2Cl)C1C. The number of aromatic nitrogens is 2. The summed E-state index contributed by atoms with van der Waals surface area (Å²) in [6.07, 6.45) is 4.48. The van der Waals surface area contributed by atoms with E-state index < -0.39 is 10.0 Å². The number of aryl methyl sites for hydroxylation is 1. The third kappa shape index (κ3) is 2.95. The first-order valence-corrected chi connectivity index (χ1v) is 8.38. The zero-order chi connectivity index (χ0) is 14.2. The van der Waals surface area contributed by atoms with Gasteiger partial charge in [-0.2, -0.15) is 0 Å². The van der Waals surface area contributed by atoms with Crippen molar-refractivity contribution in [1.82, 2.24) is 14.3 Å². The Morgan fingerprint density at radius 3 is 2.68 bits per heavy atom. The zero-order valence-electron chi connectivity index (χ0n) is 11.4. The molecular weight excluding hydrogens is 286 g/mol. The molecule has 1 fully saturated rings. The molecule has 1 N–H and O–H groups in total. The molecule has 0 spiro atoms. The minimum Gasteiger partial charge on any atom is -0.324 e. The third-order valence-electron chi connectivity index (χ3n) is 4.10. The van der Waals surface area contributed by atoms with E-state index in [4.69, 9.17) is 11.6 Å². The molecule has 1 heterocycles. The summed E-state index contributed by atoms with van der Waals surface area (Å²) in [7, 11) is -1.97. The van der Waals surface area contributed by atoms with Gasteiger partial charge in [-0.3, -0.25) is 0 Å². The lowest BCUT2D eigenvalue weighted by molar-refractivity contribution is 0.227. The molecule has 7 heteroatoms. The summed E-state index contributed by atoms with van der Waals surface area (Å²) in [5.41, 5.74) is 0. The molecule has 1 aliphatic rings. The molecular formula is C12H20ClN3O2S. The van der Waals surface area contributed by atoms with E-state index in [0.717, 1.165) is 19.3 Å². The van der Waals surface area contributed by atoms with E-state index >= 15 is 0 Å². The Labute approximate surface area is 119 Å². The minimum absolute atomic E-state index is 0.0353. The Hall–Kier alpha value is -0.590. The molecule has 3 unspecified atom stereocenters. The van der Waals surface area contributed by atoms with Crippen LogP contribution in [0.3, 0.4) is 0 Å². The van der Waals surface area contributed by atoms with E-state index in [-0.39, 0.29) is 16.2 Å². The molecule has 0 saturated heterocycles. The number of nitrogens with one attached hydrogen (secondary N) is 1. The van der Waals surface area contributed by atoms with Crippen molar-refractivity contribution in [3.05, 3.63) is 11.5 Å². The molecule has 0 amide bonds. The normalized spacial score (nSPS) is 28.5. The first-order valence-electron chi connectivity index (χ1n) is 6.52. The summed E-state index contributed by atoms with van der Waals surface area (Å²) >= 11 is 5.96. The summed E-state index contributed by atoms with van der Waals surface area (Å²) in [5, 5.41) is 0.0612. The number of rotatable bonds is 3. The lowest BCUT2D eigenvalue weighted by atomic mass is 9.78. The molecule has 19 heavy (non-hydrogen) atoms. The monoisotopic (exact) mass is 305 g/mol. The van der Waals surface area contributed by atoms with Crippen LogP contribution in [0.5, 0.6) is 0 Å². The van der Waals surface area contributed by atoms with Crippen molar-refractivity contribution in [2.45, 2.75) is 44.2 Å². The van der Waals surface area contributed by atoms with Gasteiger partial charge in [0, 0.05) is 13.1 Å². The van der Waals surface area contributed by atoms with Crippen LogP contribution >= 0.6 is 11.6 Å². The van der Waals surface area contributed by atoms with E-state index in [0.29, 0.717) is 11.8 Å². The van der Waals surface area contributed by atoms with Crippen molar-refractivity contribution in [3.63, 3.8) is 0 Å². The van der Waals surface area contributed by atoms with Crippen molar-refractivity contribution >= 4 is 21.6 Å². The van der Waals surface area contributed by atoms with Crippen LogP contribution in [-0.2, 0) is 17.1 Å². The van der Waals surface area contributed by atoms with Gasteiger partial charge >= 0.3 is 0 Å². The number of sulfonamides is 1. The quantitative estimate of drug-likeness (QED) is 0.931. The Morgan fingerprint density at radius 1 is 1.42 bits per heavy atom. The van der Waals surface area contributed by atoms with Crippen molar-refractivity contribution in [3.8, 4) is 0 Å². The third-order valence-corrected chi connectivity index (χ3v) is 6.08. The summed E-state index contributed by atoms with van der Waals surface area (Å²) in [6.45, 7) is 4.26. The second-order valence-electron chi connectivity index (χ2n) is 5.45. The van der Waals surface area contributed by atoms with Gasteiger partial charge in [0.1, 0.15) is 5.15 Å². The molecule has 1 saturated carbocycles. The first kappa shape index (κ1) is 14.8. The van der Waals surface area contributed by atoms with E-state index in [1.807, 2.05) is 0 Å². The van der Waals surface area contributed by atoms with Gasteiger partial charge in [-0.15, -0.1) is 0 Å². The van der Waals surface area contributed by atoms with Gasteiger partial charge in [0.15, 0.2) is 0 Å². The van der Waals surface area contributed by atoms with Crippen molar-refractivity contribution in [2.75, 3.05) is 0 Å². The topological polar surface area (TPSA) is 64.0 Å². The zero-order valence-corrected chi connectivity index (χ0v) is 13.0. The molecule has 0 radical (unpaired) electrons. The standard InChI is InChI=1S/C12H20ClN3O2S/c1-8-5-4-6-10(9(8)2)15-19(17,18)12-11(13)16(3)7-14-12/h7-10,15H,4-6H2,1-3H3. The van der Waals surface area contributed by atoms with Gasteiger partial charge in [0.05, 0.1) is 6.33 Å². The Kier molecular flexibility index (Phi) is 4.23. The van der Waals surface area contributed by atoms with Crippen molar-refractivity contribution in [2.24, 2.45) is 18.9 Å². The van der Waals surface area contributed by atoms with E-state index in [1.165, 1.54) is 10.9 Å². The number of imidazole rings is 1. The minimum atomic E-state index is -3.64. The Bertz CT molecular complexity index is 555. The average molecular weight is 306 g/mol. The highest BCUT2D eigenvalue weighted by Crippen LogP contribution is 2.30. The molecule has 0 aromatic carbocycles. The molecule has 0 bridgehead atoms. The lowest BCUT2D eigenvalue weighted by Crippen LogP contribution is -2.43. The average Bonchev–Trinajstić information content (AvgIpc) is 2.66. The van der Waals surface area contributed by atoms with Gasteiger partial charge in [-0.1, -0.05) is 38.3 Å². The van der Waals surface area contributed by atoms with Gasteiger partial charge in [-0.25, -0.2) is 18.1 Å². The van der Waals surface area contributed by atoms with E-state index in [1.54, 1.807) is 7.05 Å². The highest BCUT2D eigenvalue weighted by Gasteiger charge is 2.32. The smallest absolute Gasteiger partial charge is 0.261 e. The molecule has 3 atom stereocenters. The van der Waals surface area contributed by atoms with Crippen LogP contribution in [0.2, 0.25) is 5.15 Å². The van der Waals surface area contributed by atoms with Crippen molar-refractivity contribution in [1.29, 1.82) is 0 Å². The summed E-state index contributed by atoms with van der Waals surface area (Å²) in [6, 6.07) is -0.0353. The first-order chi connectivity index (χ1) is 8.83. The number of hydrogen-bond acceptors (Lipinski definition) is 3. The summed E-state index contributed by atoms with van der Waals surface area (Å²) in [5.74, 6) is 0.853. The largest absolute Gasteiger partial charge is 0.324 e. The predicted octanol–water partition coefficient (Wildman–Crippen LogP) is 2.18. The molecule has 5 nitrogen and oxygen atoms in total. The van der Waals surface area contributed by atoms with Crippen LogP contribution in [0.15, 0.2) is 11.4 Å². The van der Waals surface area contributed by atoms with Crippen LogP contribution in [0, 0.1) is 11.8 Å². The van der Waals surface area contributed by atoms with E-state index in [9.17, 15) is 8.42 Å². The van der Waals surface area contributed by atoms with Crippen LogP contribution in [0.25, 0.3) is 0 Å². The summed E-state index contributed by atoms with van der Waals surface area (Å²) < 4.78 is 28.9. The maximum Gasteiger partial charge on any atom is 0.261 e. The van der Waals surface area contributed by atoms with Crippen LogP contribution in [0.4, 0.5) is 0 Å². The predicted molar refractivity (Wildman–Crippen MR) is 74.5 cm³/mol. The molecule has 108 valence electrons. The molecule has 2 rings (SSSR count). The van der Waals surface area contributed by atoms with Gasteiger partial charge in [0.25, 0.3) is 10.0 Å². The van der Waals surface area contributed by atoms with Crippen LogP contribution < -0.4 is 4.72 Å². The second-order valence-corrected chi connectivity index (χ2v) is 7.43. The van der Waals surface area contributed by atoms with Gasteiger partial charge in [0.2, 0.25) is 5.03 Å².